The molecule has 7 nitrogen and oxygen atoms in total. The Morgan fingerprint density at radius 2 is 1.19 bits per heavy atom. The molecule has 48 heavy (non-hydrogen) atoms. The van der Waals surface area contributed by atoms with Crippen molar-refractivity contribution in [1.29, 1.82) is 0 Å². The fraction of sp³-hybridized carbons (Fsp3) is 0.625. The van der Waals surface area contributed by atoms with Gasteiger partial charge in [-0.3, -0.25) is 4.79 Å². The number of nitrogen functional groups attached to an aromatic ring is 1. The van der Waals surface area contributed by atoms with Crippen molar-refractivity contribution >= 4 is 47.8 Å². The number of imidazole rings is 2. The predicted octanol–water partition coefficient (Wildman–Crippen LogP) is 9.77. The number of hydrogen-bond donors (Lipinski definition) is 2. The Kier molecular flexibility index (Phi) is 12.5. The van der Waals surface area contributed by atoms with E-state index in [-0.39, 0.29) is 25.2 Å². The SMILES string of the molecule is CCC(C)(C)c1nc2cc(N)ccc2n1CC1CCCCC1.CCC(C)(C)c1nc2cc(NC(C)=O)ccc2n1CC1CCCCC1.[B]. The molecule has 1 amide bonds. The molecule has 2 saturated carbocycles. The van der Waals surface area contributed by atoms with Gasteiger partial charge < -0.3 is 20.2 Å². The van der Waals surface area contributed by atoms with Crippen LogP contribution in [-0.4, -0.2) is 33.4 Å². The zero-order valence-corrected chi connectivity index (χ0v) is 30.9. The summed E-state index contributed by atoms with van der Waals surface area (Å²) in [5.74, 6) is 3.91. The number of aromatic nitrogens is 4. The highest BCUT2D eigenvalue weighted by molar-refractivity contribution is 5.91. The standard InChI is InChI=1S/C21H31N3O.C19H29N3.B/c1-5-21(3,4)20-23-18-13-17(22-15(2)25)11-12-19(18)24(20)14-16-9-7-6-8-10-16;1-4-19(2,3)18-21-16-12-15(20)10-11-17(16)22(18)13-14-8-6-5-7-9-14;/h11-13,16H,5-10,14H2,1-4H3,(H,22,25);10-12,14H,4-9,13,20H2,1-3H3;. The van der Waals surface area contributed by atoms with E-state index < -0.39 is 0 Å². The highest BCUT2D eigenvalue weighted by Crippen LogP contribution is 2.35. The number of nitrogens with one attached hydrogen (secondary N) is 1. The molecule has 4 aromatic rings. The molecular formula is C40H60BN6O. The van der Waals surface area contributed by atoms with Gasteiger partial charge in [0.1, 0.15) is 11.6 Å². The van der Waals surface area contributed by atoms with Gasteiger partial charge in [-0.25, -0.2) is 9.97 Å². The van der Waals surface area contributed by atoms with Crippen LogP contribution in [0.15, 0.2) is 36.4 Å². The van der Waals surface area contributed by atoms with Gasteiger partial charge in [-0.05, 0) is 86.8 Å². The van der Waals surface area contributed by atoms with Crippen LogP contribution < -0.4 is 11.1 Å². The highest BCUT2D eigenvalue weighted by Gasteiger charge is 2.29. The summed E-state index contributed by atoms with van der Waals surface area (Å²) in [7, 11) is 0. The van der Waals surface area contributed by atoms with E-state index in [0.29, 0.717) is 0 Å². The smallest absolute Gasteiger partial charge is 0.221 e. The van der Waals surface area contributed by atoms with Crippen LogP contribution in [0.3, 0.4) is 0 Å². The van der Waals surface area contributed by atoms with E-state index in [9.17, 15) is 4.79 Å². The van der Waals surface area contributed by atoms with Gasteiger partial charge in [0.15, 0.2) is 0 Å². The largest absolute Gasteiger partial charge is 0.399 e. The third-order valence-corrected chi connectivity index (χ3v) is 11.2. The Labute approximate surface area is 291 Å². The van der Waals surface area contributed by atoms with Crippen LogP contribution in [0.1, 0.15) is 137 Å². The second kappa shape index (κ2) is 16.0. The molecule has 6 rings (SSSR count). The number of nitrogens with two attached hydrogens (primary N) is 1. The van der Waals surface area contributed by atoms with Crippen LogP contribution in [-0.2, 0) is 28.7 Å². The molecule has 2 aliphatic carbocycles. The zero-order chi connectivity index (χ0) is 33.8. The fourth-order valence-corrected chi connectivity index (χ4v) is 7.53. The molecule has 259 valence electrons. The number of anilines is 2. The zero-order valence-electron chi connectivity index (χ0n) is 30.9. The minimum Gasteiger partial charge on any atom is -0.399 e. The third-order valence-electron chi connectivity index (χ3n) is 11.2. The van der Waals surface area contributed by atoms with Crippen molar-refractivity contribution in [2.75, 3.05) is 11.1 Å². The first-order chi connectivity index (χ1) is 22.4. The maximum atomic E-state index is 11.4. The molecule has 8 heteroatoms. The second-order valence-corrected chi connectivity index (χ2v) is 15.7. The molecule has 0 bridgehead atoms. The first kappa shape index (κ1) is 37.5. The monoisotopic (exact) mass is 651 g/mol. The highest BCUT2D eigenvalue weighted by atomic mass is 16.1. The van der Waals surface area contributed by atoms with Crippen LogP contribution in [0, 0.1) is 11.8 Å². The van der Waals surface area contributed by atoms with E-state index >= 15 is 0 Å². The van der Waals surface area contributed by atoms with Gasteiger partial charge in [0.05, 0.1) is 22.1 Å². The fourth-order valence-electron chi connectivity index (χ4n) is 7.53. The summed E-state index contributed by atoms with van der Waals surface area (Å²) in [4.78, 5) is 21.3. The molecule has 0 unspecified atom stereocenters. The van der Waals surface area contributed by atoms with E-state index in [1.54, 1.807) is 0 Å². The number of fused-ring (bicyclic) bond motifs is 2. The third kappa shape index (κ3) is 8.65. The molecule has 2 aromatic carbocycles. The number of rotatable bonds is 9. The predicted molar refractivity (Wildman–Crippen MR) is 204 cm³/mol. The summed E-state index contributed by atoms with van der Waals surface area (Å²) in [6.07, 6.45) is 15.8. The van der Waals surface area contributed by atoms with Crippen molar-refractivity contribution in [1.82, 2.24) is 19.1 Å². The molecule has 2 heterocycles. The summed E-state index contributed by atoms with van der Waals surface area (Å²) in [6, 6.07) is 12.3. The Balaban J connectivity index is 0.000000214. The summed E-state index contributed by atoms with van der Waals surface area (Å²) in [5.41, 5.74) is 12.2. The number of carbonyl (C=O) groups excluding carboxylic acids is 1. The van der Waals surface area contributed by atoms with Crippen molar-refractivity contribution in [2.45, 2.75) is 149 Å². The lowest BCUT2D eigenvalue weighted by Crippen LogP contribution is -2.24. The minimum absolute atomic E-state index is 0. The molecule has 3 N–H and O–H groups in total. The maximum absolute atomic E-state index is 11.4. The first-order valence-corrected chi connectivity index (χ1v) is 18.5. The topological polar surface area (TPSA) is 90.8 Å². The quantitative estimate of drug-likeness (QED) is 0.139. The lowest BCUT2D eigenvalue weighted by Gasteiger charge is -2.27. The van der Waals surface area contributed by atoms with Crippen LogP contribution in [0.5, 0.6) is 0 Å². The molecule has 2 aromatic heterocycles. The van der Waals surface area contributed by atoms with E-state index in [1.807, 2.05) is 24.3 Å². The molecule has 0 spiro atoms. The normalized spacial score (nSPS) is 16.4. The van der Waals surface area contributed by atoms with Crippen molar-refractivity contribution in [3.05, 3.63) is 48.0 Å². The van der Waals surface area contributed by atoms with Gasteiger partial charge in [-0.1, -0.05) is 80.1 Å². The summed E-state index contributed by atoms with van der Waals surface area (Å²) in [5, 5.41) is 2.87. The van der Waals surface area contributed by atoms with E-state index in [2.05, 4.69) is 68.1 Å². The second-order valence-electron chi connectivity index (χ2n) is 15.7. The molecule has 0 atom stereocenters. The number of amides is 1. The van der Waals surface area contributed by atoms with Gasteiger partial charge in [0, 0.05) is 50.6 Å². The lowest BCUT2D eigenvalue weighted by molar-refractivity contribution is -0.114. The van der Waals surface area contributed by atoms with E-state index in [4.69, 9.17) is 15.7 Å². The van der Waals surface area contributed by atoms with Gasteiger partial charge >= 0.3 is 0 Å². The number of benzene rings is 2. The van der Waals surface area contributed by atoms with Crippen LogP contribution in [0.2, 0.25) is 0 Å². The van der Waals surface area contributed by atoms with Gasteiger partial charge in [0.25, 0.3) is 0 Å². The molecule has 0 aliphatic heterocycles. The van der Waals surface area contributed by atoms with E-state index in [1.165, 1.54) is 93.8 Å². The van der Waals surface area contributed by atoms with Crippen molar-refractivity contribution in [3.63, 3.8) is 0 Å². The van der Waals surface area contributed by atoms with Gasteiger partial charge in [-0.2, -0.15) is 0 Å². The molecule has 2 aliphatic rings. The van der Waals surface area contributed by atoms with Crippen LogP contribution in [0.25, 0.3) is 22.1 Å². The Bertz CT molecular complexity index is 1660. The van der Waals surface area contributed by atoms with Crippen molar-refractivity contribution in [3.8, 4) is 0 Å². The average molecular weight is 652 g/mol. The van der Waals surface area contributed by atoms with Crippen LogP contribution in [0.4, 0.5) is 11.4 Å². The van der Waals surface area contributed by atoms with Crippen molar-refractivity contribution < 1.29 is 4.79 Å². The Morgan fingerprint density at radius 1 is 0.750 bits per heavy atom. The summed E-state index contributed by atoms with van der Waals surface area (Å²) in [6.45, 7) is 17.3. The van der Waals surface area contributed by atoms with E-state index in [0.717, 1.165) is 60.2 Å². The molecule has 3 radical (unpaired) electrons. The van der Waals surface area contributed by atoms with Gasteiger partial charge in [-0.15, -0.1) is 0 Å². The average Bonchev–Trinajstić information content (AvgIpc) is 3.60. The number of carbonyl (C=O) groups is 1. The maximum Gasteiger partial charge on any atom is 0.221 e. The lowest BCUT2D eigenvalue weighted by atomic mass is 9.87. The van der Waals surface area contributed by atoms with Crippen LogP contribution >= 0.6 is 0 Å². The number of nitrogens with zero attached hydrogens (tertiary/aromatic N) is 4. The Hall–Kier alpha value is -3.29. The number of hydrogen-bond acceptors (Lipinski definition) is 4. The molecule has 2 fully saturated rings. The molecule has 0 saturated heterocycles. The summed E-state index contributed by atoms with van der Waals surface area (Å²) < 4.78 is 4.93. The first-order valence-electron chi connectivity index (χ1n) is 18.5. The molecular weight excluding hydrogens is 591 g/mol. The Morgan fingerprint density at radius 3 is 1.62 bits per heavy atom. The van der Waals surface area contributed by atoms with Gasteiger partial charge in [0.2, 0.25) is 5.91 Å². The van der Waals surface area contributed by atoms with Crippen molar-refractivity contribution in [2.24, 2.45) is 11.8 Å². The minimum atomic E-state index is -0.0462. The summed E-state index contributed by atoms with van der Waals surface area (Å²) >= 11 is 0.